The van der Waals surface area contributed by atoms with Crippen molar-refractivity contribution < 1.29 is 9.59 Å². The number of fused-ring (bicyclic) bond motifs is 1. The molecule has 7 nitrogen and oxygen atoms in total. The molecule has 0 saturated heterocycles. The highest BCUT2D eigenvalue weighted by molar-refractivity contribution is 7.96. The van der Waals surface area contributed by atoms with Crippen LogP contribution >= 0.6 is 11.9 Å². The second-order valence-corrected chi connectivity index (χ2v) is 9.73. The summed E-state index contributed by atoms with van der Waals surface area (Å²) in [6, 6.07) is 25.1. The molecule has 0 spiro atoms. The number of hydrogen-bond acceptors (Lipinski definition) is 5. The molecule has 0 radical (unpaired) electrons. The van der Waals surface area contributed by atoms with Crippen LogP contribution < -0.4 is 21.1 Å². The number of amidine groups is 1. The van der Waals surface area contributed by atoms with Crippen molar-refractivity contribution in [1.29, 1.82) is 5.41 Å². The average Bonchev–Trinajstić information content (AvgIpc) is 3.33. The highest BCUT2D eigenvalue weighted by Gasteiger charge is 2.33. The van der Waals surface area contributed by atoms with Crippen LogP contribution in [0.25, 0.3) is 0 Å². The summed E-state index contributed by atoms with van der Waals surface area (Å²) in [5, 5.41) is 13.1. The van der Waals surface area contributed by atoms with Gasteiger partial charge in [-0.1, -0.05) is 90.8 Å². The van der Waals surface area contributed by atoms with E-state index in [1.165, 1.54) is 28.6 Å². The first-order valence-electron chi connectivity index (χ1n) is 12.0. The zero-order chi connectivity index (χ0) is 25.3. The summed E-state index contributed by atoms with van der Waals surface area (Å²) in [6.45, 7) is 0.241. The van der Waals surface area contributed by atoms with Crippen molar-refractivity contribution >= 4 is 29.6 Å². The van der Waals surface area contributed by atoms with Crippen LogP contribution in [0.2, 0.25) is 0 Å². The van der Waals surface area contributed by atoms with E-state index in [2.05, 4.69) is 39.6 Å². The average molecular weight is 502 g/mol. The van der Waals surface area contributed by atoms with E-state index in [-0.39, 0.29) is 30.1 Å². The molecular formula is C28H31N5O2S. The van der Waals surface area contributed by atoms with Crippen LogP contribution in [-0.2, 0) is 34.7 Å². The summed E-state index contributed by atoms with van der Waals surface area (Å²) >= 11 is 1.52. The molecular weight excluding hydrogens is 470 g/mol. The van der Waals surface area contributed by atoms with Gasteiger partial charge in [0, 0.05) is 17.9 Å². The van der Waals surface area contributed by atoms with Crippen LogP contribution in [0.15, 0.2) is 78.9 Å². The molecule has 6 N–H and O–H groups in total. The number of amides is 2. The van der Waals surface area contributed by atoms with E-state index in [9.17, 15) is 9.59 Å². The molecule has 186 valence electrons. The monoisotopic (exact) mass is 501 g/mol. The molecule has 1 aliphatic rings. The van der Waals surface area contributed by atoms with Crippen molar-refractivity contribution in [3.8, 4) is 0 Å². The first-order valence-corrected chi connectivity index (χ1v) is 12.9. The Labute approximate surface area is 215 Å². The smallest absolute Gasteiger partial charge is 0.239 e. The van der Waals surface area contributed by atoms with Crippen LogP contribution in [0, 0.1) is 11.3 Å². The van der Waals surface area contributed by atoms with Crippen LogP contribution in [0.3, 0.4) is 0 Å². The Kier molecular flexibility index (Phi) is 8.76. The molecule has 0 saturated carbocycles. The molecule has 3 aromatic carbocycles. The third-order valence-electron chi connectivity index (χ3n) is 6.31. The van der Waals surface area contributed by atoms with Gasteiger partial charge >= 0.3 is 0 Å². The Bertz CT molecular complexity index is 1180. The Morgan fingerprint density at radius 2 is 1.53 bits per heavy atom. The molecule has 2 amide bonds. The van der Waals surface area contributed by atoms with Crippen LogP contribution in [-0.4, -0.2) is 30.2 Å². The maximum Gasteiger partial charge on any atom is 0.239 e. The molecule has 1 unspecified atom stereocenters. The fourth-order valence-electron chi connectivity index (χ4n) is 4.32. The lowest BCUT2D eigenvalue weighted by molar-refractivity contribution is -0.127. The minimum absolute atomic E-state index is 0.00347. The lowest BCUT2D eigenvalue weighted by atomic mass is 9.96. The number of nitrogens with one attached hydrogen (secondary N) is 4. The van der Waals surface area contributed by atoms with Gasteiger partial charge in [-0.2, -0.15) is 0 Å². The quantitative estimate of drug-likeness (QED) is 0.157. The fraction of sp³-hybridized carbons (Fsp3) is 0.250. The van der Waals surface area contributed by atoms with Crippen LogP contribution in [0.1, 0.15) is 27.8 Å². The third kappa shape index (κ3) is 6.96. The van der Waals surface area contributed by atoms with Gasteiger partial charge in [-0.15, -0.1) is 0 Å². The predicted octanol–water partition coefficient (Wildman–Crippen LogP) is 2.92. The van der Waals surface area contributed by atoms with E-state index in [1.807, 2.05) is 42.5 Å². The van der Waals surface area contributed by atoms with Gasteiger partial charge in [0.15, 0.2) is 0 Å². The molecule has 8 heteroatoms. The van der Waals surface area contributed by atoms with Gasteiger partial charge in [-0.3, -0.25) is 19.7 Å². The Balaban J connectivity index is 1.31. The molecule has 3 aromatic rings. The second-order valence-electron chi connectivity index (χ2n) is 8.91. The van der Waals surface area contributed by atoms with E-state index < -0.39 is 6.04 Å². The van der Waals surface area contributed by atoms with Gasteiger partial charge in [0.2, 0.25) is 11.8 Å². The van der Waals surface area contributed by atoms with Crippen molar-refractivity contribution in [3.63, 3.8) is 0 Å². The normalized spacial score (nSPS) is 13.6. The van der Waals surface area contributed by atoms with Gasteiger partial charge in [0.25, 0.3) is 0 Å². The predicted molar refractivity (Wildman–Crippen MR) is 144 cm³/mol. The summed E-state index contributed by atoms with van der Waals surface area (Å²) < 4.78 is 3.39. The number of carbonyl (C=O) groups excluding carboxylic acids is 2. The maximum absolute atomic E-state index is 13.2. The minimum Gasteiger partial charge on any atom is -0.384 e. The molecule has 36 heavy (non-hydrogen) atoms. The third-order valence-corrected chi connectivity index (χ3v) is 7.20. The van der Waals surface area contributed by atoms with Crippen molar-refractivity contribution in [2.45, 2.75) is 31.2 Å². The Hall–Kier alpha value is -3.62. The first kappa shape index (κ1) is 25.5. The summed E-state index contributed by atoms with van der Waals surface area (Å²) in [5.41, 5.74) is 10.7. The number of carbonyl (C=O) groups is 2. The van der Waals surface area contributed by atoms with E-state index in [0.717, 1.165) is 24.2 Å². The number of hydrogen-bond donors (Lipinski definition) is 5. The van der Waals surface area contributed by atoms with E-state index in [0.29, 0.717) is 12.1 Å². The number of nitrogen functional groups attached to an aromatic ring is 1. The van der Waals surface area contributed by atoms with Gasteiger partial charge in [-0.25, -0.2) is 0 Å². The van der Waals surface area contributed by atoms with Crippen LogP contribution in [0.4, 0.5) is 0 Å². The molecule has 1 aliphatic carbocycles. The highest BCUT2D eigenvalue weighted by atomic mass is 32.2. The number of rotatable bonds is 11. The van der Waals surface area contributed by atoms with Gasteiger partial charge in [-0.05, 0) is 41.0 Å². The summed E-state index contributed by atoms with van der Waals surface area (Å²) in [4.78, 5) is 25.6. The molecule has 0 bridgehead atoms. The lowest BCUT2D eigenvalue weighted by Crippen LogP contribution is -2.49. The second kappa shape index (κ2) is 12.4. The van der Waals surface area contributed by atoms with Gasteiger partial charge in [0.05, 0.1) is 12.6 Å². The summed E-state index contributed by atoms with van der Waals surface area (Å²) in [7, 11) is 0. The fourth-order valence-corrected chi connectivity index (χ4v) is 5.25. The van der Waals surface area contributed by atoms with E-state index >= 15 is 0 Å². The molecule has 0 heterocycles. The van der Waals surface area contributed by atoms with E-state index in [1.54, 1.807) is 12.1 Å². The zero-order valence-corrected chi connectivity index (χ0v) is 20.8. The van der Waals surface area contributed by atoms with E-state index in [4.69, 9.17) is 11.1 Å². The van der Waals surface area contributed by atoms with Crippen molar-refractivity contribution in [1.82, 2.24) is 15.4 Å². The summed E-state index contributed by atoms with van der Waals surface area (Å²) in [6.07, 6.45) is 1.66. The Morgan fingerprint density at radius 1 is 0.889 bits per heavy atom. The maximum atomic E-state index is 13.2. The lowest BCUT2D eigenvalue weighted by Gasteiger charge is -2.23. The molecule has 0 fully saturated rings. The number of nitrogens with two attached hydrogens (primary N) is 1. The largest absolute Gasteiger partial charge is 0.384 e. The standard InChI is InChI=1S/C28H31N5O2S/c29-27(30)21-12-10-19(11-13-21)16-31-25(34)17-32-28(35)26(33-36-18-20-6-2-1-3-7-20)24-14-22-8-4-5-9-23(22)15-24/h1-13,24,26,33H,14-18H2,(H3,29,30)(H,31,34)(H,32,35). The molecule has 0 aliphatic heterocycles. The number of benzene rings is 3. The zero-order valence-electron chi connectivity index (χ0n) is 20.0. The highest BCUT2D eigenvalue weighted by Crippen LogP contribution is 2.29. The van der Waals surface area contributed by atoms with Crippen LogP contribution in [0.5, 0.6) is 0 Å². The first-order chi connectivity index (χ1) is 17.5. The van der Waals surface area contributed by atoms with Crippen molar-refractivity contribution in [2.75, 3.05) is 6.54 Å². The molecule has 0 aromatic heterocycles. The SMILES string of the molecule is N=C(N)c1ccc(CNC(=O)CNC(=O)C(NSCc2ccccc2)C2Cc3ccccc3C2)cc1. The van der Waals surface area contributed by atoms with Crippen molar-refractivity contribution in [2.24, 2.45) is 11.7 Å². The topological polar surface area (TPSA) is 120 Å². The molecule has 1 atom stereocenters. The van der Waals surface area contributed by atoms with Gasteiger partial charge in [0.1, 0.15) is 5.84 Å². The summed E-state index contributed by atoms with van der Waals surface area (Å²) in [5.74, 6) is 0.434. The van der Waals surface area contributed by atoms with Crippen molar-refractivity contribution in [3.05, 3.63) is 107 Å². The Morgan fingerprint density at radius 3 is 2.17 bits per heavy atom. The minimum atomic E-state index is -0.418. The van der Waals surface area contributed by atoms with Gasteiger partial charge < -0.3 is 16.4 Å². The molecule has 4 rings (SSSR count).